The highest BCUT2D eigenvalue weighted by Gasteiger charge is 2.25. The van der Waals surface area contributed by atoms with Crippen LogP contribution in [0.25, 0.3) is 11.3 Å². The molecule has 2 N–H and O–H groups in total. The molecule has 0 radical (unpaired) electrons. The van der Waals surface area contributed by atoms with Crippen LogP contribution in [0.15, 0.2) is 47.1 Å². The SMILES string of the molecule is CCc1onc(-c2ccccc2)c1C(=O)c1c[nH]c(C(=O)O)c1. The number of rotatable bonds is 5. The minimum atomic E-state index is -1.12. The van der Waals surface area contributed by atoms with E-state index in [1.54, 1.807) is 0 Å². The number of H-pyrrole nitrogens is 1. The van der Waals surface area contributed by atoms with Crippen LogP contribution >= 0.6 is 0 Å². The molecule has 0 saturated heterocycles. The van der Waals surface area contributed by atoms with Crippen LogP contribution in [0.4, 0.5) is 0 Å². The van der Waals surface area contributed by atoms with Crippen LogP contribution in [0.3, 0.4) is 0 Å². The number of hydrogen-bond donors (Lipinski definition) is 2. The summed E-state index contributed by atoms with van der Waals surface area (Å²) in [5, 5.41) is 13.0. The van der Waals surface area contributed by atoms with Crippen LogP contribution in [-0.2, 0) is 6.42 Å². The molecule has 23 heavy (non-hydrogen) atoms. The molecule has 0 atom stereocenters. The first kappa shape index (κ1) is 14.8. The van der Waals surface area contributed by atoms with Crippen molar-refractivity contribution >= 4 is 11.8 Å². The molecule has 0 amide bonds. The smallest absolute Gasteiger partial charge is 0.352 e. The zero-order valence-corrected chi connectivity index (χ0v) is 12.4. The summed E-state index contributed by atoms with van der Waals surface area (Å²) in [6, 6.07) is 10.6. The monoisotopic (exact) mass is 310 g/mol. The molecule has 6 heteroatoms. The summed E-state index contributed by atoms with van der Waals surface area (Å²) in [5.41, 5.74) is 1.83. The minimum Gasteiger partial charge on any atom is -0.477 e. The van der Waals surface area contributed by atoms with E-state index in [2.05, 4.69) is 10.1 Å². The highest BCUT2D eigenvalue weighted by molar-refractivity contribution is 6.13. The van der Waals surface area contributed by atoms with Gasteiger partial charge in [0.25, 0.3) is 0 Å². The van der Waals surface area contributed by atoms with Gasteiger partial charge in [0.2, 0.25) is 0 Å². The molecule has 116 valence electrons. The molecule has 2 aromatic heterocycles. The maximum atomic E-state index is 12.8. The number of aryl methyl sites for hydroxylation is 1. The lowest BCUT2D eigenvalue weighted by Crippen LogP contribution is -2.04. The Labute approximate surface area is 131 Å². The summed E-state index contributed by atoms with van der Waals surface area (Å²) in [5.74, 6) is -0.953. The van der Waals surface area contributed by atoms with Crippen molar-refractivity contribution in [2.24, 2.45) is 0 Å². The van der Waals surface area contributed by atoms with Gasteiger partial charge in [0.05, 0.1) is 5.56 Å². The number of carboxylic acid groups (broad SMARTS) is 1. The van der Waals surface area contributed by atoms with Gasteiger partial charge in [-0.05, 0) is 6.07 Å². The van der Waals surface area contributed by atoms with E-state index in [1.807, 2.05) is 37.3 Å². The van der Waals surface area contributed by atoms with Gasteiger partial charge in [-0.15, -0.1) is 0 Å². The summed E-state index contributed by atoms with van der Waals surface area (Å²) < 4.78 is 5.30. The van der Waals surface area contributed by atoms with Gasteiger partial charge >= 0.3 is 5.97 Å². The number of carbonyl (C=O) groups is 2. The lowest BCUT2D eigenvalue weighted by atomic mass is 9.98. The lowest BCUT2D eigenvalue weighted by molar-refractivity contribution is 0.0691. The predicted molar refractivity (Wildman–Crippen MR) is 82.5 cm³/mol. The first-order valence-corrected chi connectivity index (χ1v) is 7.12. The predicted octanol–water partition coefficient (Wildman–Crippen LogP) is 3.16. The highest BCUT2D eigenvalue weighted by atomic mass is 16.5. The van der Waals surface area contributed by atoms with Gasteiger partial charge in [0, 0.05) is 23.7 Å². The number of hydrogen-bond acceptors (Lipinski definition) is 4. The molecule has 3 aromatic rings. The van der Waals surface area contributed by atoms with E-state index in [4.69, 9.17) is 9.63 Å². The summed E-state index contributed by atoms with van der Waals surface area (Å²) in [6.07, 6.45) is 1.89. The van der Waals surface area contributed by atoms with E-state index in [0.717, 1.165) is 5.56 Å². The molecule has 6 nitrogen and oxygen atoms in total. The highest BCUT2D eigenvalue weighted by Crippen LogP contribution is 2.28. The van der Waals surface area contributed by atoms with Gasteiger partial charge in [-0.1, -0.05) is 42.4 Å². The summed E-state index contributed by atoms with van der Waals surface area (Å²) in [4.78, 5) is 26.3. The maximum Gasteiger partial charge on any atom is 0.352 e. The Morgan fingerprint density at radius 2 is 2.00 bits per heavy atom. The Bertz CT molecular complexity index is 862. The average molecular weight is 310 g/mol. The van der Waals surface area contributed by atoms with Gasteiger partial charge in [-0.2, -0.15) is 0 Å². The fraction of sp³-hybridized carbons (Fsp3) is 0.118. The molecule has 0 aliphatic carbocycles. The van der Waals surface area contributed by atoms with Crippen molar-refractivity contribution in [1.82, 2.24) is 10.1 Å². The van der Waals surface area contributed by atoms with E-state index < -0.39 is 5.97 Å². The molecule has 0 fully saturated rings. The van der Waals surface area contributed by atoms with E-state index in [1.165, 1.54) is 12.3 Å². The van der Waals surface area contributed by atoms with Crippen LogP contribution in [0, 0.1) is 0 Å². The number of carboxylic acids is 1. The third kappa shape index (κ3) is 2.66. The second-order valence-electron chi connectivity index (χ2n) is 4.99. The van der Waals surface area contributed by atoms with Crippen LogP contribution in [0.1, 0.15) is 39.1 Å². The van der Waals surface area contributed by atoms with Gasteiger partial charge in [0.15, 0.2) is 5.78 Å². The van der Waals surface area contributed by atoms with E-state index in [-0.39, 0.29) is 17.0 Å². The Hall–Kier alpha value is -3.15. The molecule has 0 bridgehead atoms. The Morgan fingerprint density at radius 1 is 1.26 bits per heavy atom. The van der Waals surface area contributed by atoms with Crippen molar-refractivity contribution in [3.8, 4) is 11.3 Å². The number of carbonyl (C=O) groups excluding carboxylic acids is 1. The molecule has 1 aromatic carbocycles. The molecule has 3 rings (SSSR count). The fourth-order valence-corrected chi connectivity index (χ4v) is 2.39. The second-order valence-corrected chi connectivity index (χ2v) is 4.99. The van der Waals surface area contributed by atoms with Crippen molar-refractivity contribution < 1.29 is 19.2 Å². The number of nitrogens with zero attached hydrogens (tertiary/aromatic N) is 1. The van der Waals surface area contributed by atoms with E-state index in [0.29, 0.717) is 23.4 Å². The molecule has 0 unspecified atom stereocenters. The van der Waals surface area contributed by atoms with Gasteiger partial charge in [-0.25, -0.2) is 4.79 Å². The standard InChI is InChI=1S/C17H14N2O4/c1-2-13-14(15(19-23-13)10-6-4-3-5-7-10)16(20)11-8-12(17(21)22)18-9-11/h3-9,18H,2H2,1H3,(H,21,22). The zero-order valence-electron chi connectivity index (χ0n) is 12.4. The van der Waals surface area contributed by atoms with E-state index >= 15 is 0 Å². The van der Waals surface area contributed by atoms with Crippen molar-refractivity contribution in [2.45, 2.75) is 13.3 Å². The Kier molecular flexibility index (Phi) is 3.80. The third-order valence-corrected chi connectivity index (χ3v) is 3.53. The van der Waals surface area contributed by atoms with Crippen LogP contribution in [0.5, 0.6) is 0 Å². The normalized spacial score (nSPS) is 10.7. The number of aromatic nitrogens is 2. The molecule has 0 saturated carbocycles. The van der Waals surface area contributed by atoms with Crippen molar-refractivity contribution in [2.75, 3.05) is 0 Å². The fourth-order valence-electron chi connectivity index (χ4n) is 2.39. The first-order chi connectivity index (χ1) is 11.1. The molecular formula is C17H14N2O4. The zero-order chi connectivity index (χ0) is 16.4. The van der Waals surface area contributed by atoms with Gasteiger partial charge in [0.1, 0.15) is 17.1 Å². The quantitative estimate of drug-likeness (QED) is 0.706. The first-order valence-electron chi connectivity index (χ1n) is 7.12. The van der Waals surface area contributed by atoms with Gasteiger partial charge < -0.3 is 14.6 Å². The molecule has 0 aliphatic rings. The molecule has 0 aliphatic heterocycles. The summed E-state index contributed by atoms with van der Waals surface area (Å²) in [7, 11) is 0. The number of benzene rings is 1. The van der Waals surface area contributed by atoms with Crippen LogP contribution in [-0.4, -0.2) is 27.0 Å². The topological polar surface area (TPSA) is 96.2 Å². The number of ketones is 1. The van der Waals surface area contributed by atoms with Crippen molar-refractivity contribution in [3.63, 3.8) is 0 Å². The number of nitrogens with one attached hydrogen (secondary N) is 1. The minimum absolute atomic E-state index is 0.0379. The van der Waals surface area contributed by atoms with Crippen LogP contribution < -0.4 is 0 Å². The largest absolute Gasteiger partial charge is 0.477 e. The molecule has 0 spiro atoms. The molecular weight excluding hydrogens is 296 g/mol. The van der Waals surface area contributed by atoms with Crippen molar-refractivity contribution in [3.05, 3.63) is 65.2 Å². The summed E-state index contributed by atoms with van der Waals surface area (Å²) in [6.45, 7) is 1.87. The Morgan fingerprint density at radius 3 is 2.61 bits per heavy atom. The second kappa shape index (κ2) is 5.92. The average Bonchev–Trinajstić information content (AvgIpc) is 3.22. The number of aromatic carboxylic acids is 1. The maximum absolute atomic E-state index is 12.8. The molecule has 2 heterocycles. The Balaban J connectivity index is 2.09. The van der Waals surface area contributed by atoms with Gasteiger partial charge in [-0.3, -0.25) is 4.79 Å². The number of aromatic amines is 1. The summed E-state index contributed by atoms with van der Waals surface area (Å²) >= 11 is 0. The third-order valence-electron chi connectivity index (χ3n) is 3.53. The van der Waals surface area contributed by atoms with Crippen molar-refractivity contribution in [1.29, 1.82) is 0 Å². The van der Waals surface area contributed by atoms with E-state index in [9.17, 15) is 9.59 Å². The van der Waals surface area contributed by atoms with Crippen LogP contribution in [0.2, 0.25) is 0 Å². The lowest BCUT2D eigenvalue weighted by Gasteiger charge is -2.01.